The molecule has 6 nitrogen and oxygen atoms in total. The van der Waals surface area contributed by atoms with Crippen LogP contribution in [0.5, 0.6) is 0 Å². The van der Waals surface area contributed by atoms with E-state index in [9.17, 15) is 14.4 Å². The van der Waals surface area contributed by atoms with Crippen LogP contribution in [0.15, 0.2) is 60.8 Å². The molecule has 0 amide bonds. The molecule has 0 aromatic rings. The summed E-state index contributed by atoms with van der Waals surface area (Å²) in [5.74, 6) is -0.891. The molecule has 1 unspecified atom stereocenters. The lowest BCUT2D eigenvalue weighted by atomic mass is 10.1. The van der Waals surface area contributed by atoms with Crippen molar-refractivity contribution >= 4 is 17.9 Å². The number of hydrogen-bond acceptors (Lipinski definition) is 6. The van der Waals surface area contributed by atoms with Gasteiger partial charge in [0.1, 0.15) is 13.2 Å². The molecular weight excluding hydrogens is 745 g/mol. The van der Waals surface area contributed by atoms with Crippen molar-refractivity contribution in [3.05, 3.63) is 60.8 Å². The normalized spacial score (nSPS) is 12.5. The highest BCUT2D eigenvalue weighted by atomic mass is 16.6. The zero-order chi connectivity index (χ0) is 43.7. The van der Waals surface area contributed by atoms with E-state index in [1.165, 1.54) is 109 Å². The van der Waals surface area contributed by atoms with Crippen molar-refractivity contribution in [2.24, 2.45) is 0 Å². The van der Waals surface area contributed by atoms with Crippen molar-refractivity contribution in [2.75, 3.05) is 13.2 Å². The molecule has 0 radical (unpaired) electrons. The summed E-state index contributed by atoms with van der Waals surface area (Å²) in [6, 6.07) is 0. The van der Waals surface area contributed by atoms with Gasteiger partial charge in [-0.05, 0) is 77.0 Å². The van der Waals surface area contributed by atoms with E-state index in [1.54, 1.807) is 0 Å². The van der Waals surface area contributed by atoms with Gasteiger partial charge in [-0.25, -0.2) is 0 Å². The molecule has 0 aliphatic heterocycles. The standard InChI is InChI=1S/C54H94O6/c1-4-7-10-13-16-19-21-23-25-26-27-28-29-31-32-35-38-41-44-47-53(56)59-50-51(49-58-52(55)46-43-40-37-34-18-15-12-9-6-3)60-54(57)48-45-42-39-36-33-30-24-22-20-17-14-11-8-5-2/h7-8,10-11,16-17,19-20,23,25,51H,4-6,9,12-15,18,21-22,24,26-50H2,1-3H3/b10-7-,11-8-,19-16-,20-17-,25-23-. The van der Waals surface area contributed by atoms with E-state index in [0.29, 0.717) is 19.3 Å². The van der Waals surface area contributed by atoms with Gasteiger partial charge in [-0.3, -0.25) is 14.4 Å². The summed E-state index contributed by atoms with van der Waals surface area (Å²) in [7, 11) is 0. The number of allylic oxidation sites excluding steroid dienone is 10. The summed E-state index contributed by atoms with van der Waals surface area (Å²) < 4.78 is 16.8. The highest BCUT2D eigenvalue weighted by molar-refractivity contribution is 5.71. The maximum atomic E-state index is 12.8. The number of carbonyl (C=O) groups is 3. The van der Waals surface area contributed by atoms with Gasteiger partial charge >= 0.3 is 17.9 Å². The van der Waals surface area contributed by atoms with Crippen molar-refractivity contribution in [3.8, 4) is 0 Å². The first-order valence-electron chi connectivity index (χ1n) is 25.3. The number of carbonyl (C=O) groups excluding carboxylic acids is 3. The van der Waals surface area contributed by atoms with Crippen LogP contribution < -0.4 is 0 Å². The largest absolute Gasteiger partial charge is 0.462 e. The molecule has 0 saturated carbocycles. The molecule has 0 aliphatic rings. The lowest BCUT2D eigenvalue weighted by Gasteiger charge is -2.18. The Labute approximate surface area is 370 Å². The van der Waals surface area contributed by atoms with E-state index >= 15 is 0 Å². The van der Waals surface area contributed by atoms with E-state index in [4.69, 9.17) is 14.2 Å². The maximum Gasteiger partial charge on any atom is 0.306 e. The topological polar surface area (TPSA) is 78.9 Å². The molecule has 0 spiro atoms. The summed E-state index contributed by atoms with van der Waals surface area (Å²) in [5, 5.41) is 0. The lowest BCUT2D eigenvalue weighted by Crippen LogP contribution is -2.30. The van der Waals surface area contributed by atoms with Crippen LogP contribution in [0.25, 0.3) is 0 Å². The van der Waals surface area contributed by atoms with Gasteiger partial charge in [-0.15, -0.1) is 0 Å². The Bertz CT molecular complexity index is 1100. The summed E-state index contributed by atoms with van der Waals surface area (Å²) in [5.41, 5.74) is 0. The summed E-state index contributed by atoms with van der Waals surface area (Å²) in [6.45, 7) is 6.40. The molecule has 0 aromatic carbocycles. The molecule has 0 heterocycles. The van der Waals surface area contributed by atoms with E-state index in [1.807, 2.05) is 0 Å². The van der Waals surface area contributed by atoms with Crippen molar-refractivity contribution in [3.63, 3.8) is 0 Å². The Morgan fingerprint density at radius 2 is 0.650 bits per heavy atom. The van der Waals surface area contributed by atoms with Crippen molar-refractivity contribution in [2.45, 2.75) is 252 Å². The fraction of sp³-hybridized carbons (Fsp3) is 0.759. The van der Waals surface area contributed by atoms with Crippen LogP contribution in [0.3, 0.4) is 0 Å². The minimum Gasteiger partial charge on any atom is -0.462 e. The zero-order valence-electron chi connectivity index (χ0n) is 39.5. The quantitative estimate of drug-likeness (QED) is 0.0263. The fourth-order valence-electron chi connectivity index (χ4n) is 7.02. The first-order chi connectivity index (χ1) is 29.5. The van der Waals surface area contributed by atoms with Crippen LogP contribution in [0.1, 0.15) is 245 Å². The van der Waals surface area contributed by atoms with Crippen LogP contribution >= 0.6 is 0 Å². The van der Waals surface area contributed by atoms with Gasteiger partial charge in [0.2, 0.25) is 0 Å². The number of hydrogen-bond donors (Lipinski definition) is 0. The Hall–Kier alpha value is -2.89. The third-order valence-corrected chi connectivity index (χ3v) is 10.8. The monoisotopic (exact) mass is 839 g/mol. The highest BCUT2D eigenvalue weighted by Gasteiger charge is 2.19. The van der Waals surface area contributed by atoms with E-state index < -0.39 is 6.10 Å². The fourth-order valence-corrected chi connectivity index (χ4v) is 7.02. The molecule has 60 heavy (non-hydrogen) atoms. The highest BCUT2D eigenvalue weighted by Crippen LogP contribution is 2.15. The Morgan fingerprint density at radius 1 is 0.350 bits per heavy atom. The van der Waals surface area contributed by atoms with Gasteiger partial charge in [-0.2, -0.15) is 0 Å². The third-order valence-electron chi connectivity index (χ3n) is 10.8. The van der Waals surface area contributed by atoms with Crippen LogP contribution in [0.4, 0.5) is 0 Å². The predicted molar refractivity (Wildman–Crippen MR) is 256 cm³/mol. The lowest BCUT2D eigenvalue weighted by molar-refractivity contribution is -0.167. The number of unbranched alkanes of at least 4 members (excludes halogenated alkanes) is 24. The maximum absolute atomic E-state index is 12.8. The average Bonchev–Trinajstić information content (AvgIpc) is 3.24. The molecule has 0 aliphatic carbocycles. The SMILES string of the molecule is CC/C=C\C/C=C\C/C=C\CCCCCCCCCCCC(=O)OCC(COC(=O)CCCCCCCCCCC)OC(=O)CCCCCCCCC/C=C\C/C=C\CC. The first kappa shape index (κ1) is 57.1. The third kappa shape index (κ3) is 46.2. The molecule has 6 heteroatoms. The van der Waals surface area contributed by atoms with Crippen LogP contribution in [-0.4, -0.2) is 37.2 Å². The molecule has 0 N–H and O–H groups in total. The second-order valence-electron chi connectivity index (χ2n) is 16.7. The van der Waals surface area contributed by atoms with E-state index in [-0.39, 0.29) is 31.1 Å². The number of esters is 3. The van der Waals surface area contributed by atoms with Gasteiger partial charge in [0.15, 0.2) is 6.10 Å². The van der Waals surface area contributed by atoms with Crippen LogP contribution in [-0.2, 0) is 28.6 Å². The second-order valence-corrected chi connectivity index (χ2v) is 16.7. The smallest absolute Gasteiger partial charge is 0.306 e. The Morgan fingerprint density at radius 3 is 1.02 bits per heavy atom. The molecule has 0 aromatic heterocycles. The average molecular weight is 839 g/mol. The Balaban J connectivity index is 4.30. The van der Waals surface area contributed by atoms with Gasteiger partial charge in [0, 0.05) is 19.3 Å². The van der Waals surface area contributed by atoms with Crippen LogP contribution in [0.2, 0.25) is 0 Å². The summed E-state index contributed by atoms with van der Waals surface area (Å²) in [4.78, 5) is 37.9. The van der Waals surface area contributed by atoms with Gasteiger partial charge in [0.25, 0.3) is 0 Å². The van der Waals surface area contributed by atoms with Crippen molar-refractivity contribution in [1.82, 2.24) is 0 Å². The van der Waals surface area contributed by atoms with Crippen molar-refractivity contribution in [1.29, 1.82) is 0 Å². The van der Waals surface area contributed by atoms with Gasteiger partial charge in [0.05, 0.1) is 0 Å². The number of ether oxygens (including phenoxy) is 3. The van der Waals surface area contributed by atoms with Gasteiger partial charge in [-0.1, -0.05) is 210 Å². The second kappa shape index (κ2) is 48.8. The zero-order valence-corrected chi connectivity index (χ0v) is 39.5. The van der Waals surface area contributed by atoms with Crippen LogP contribution in [0, 0.1) is 0 Å². The molecular formula is C54H94O6. The minimum absolute atomic E-state index is 0.0777. The summed E-state index contributed by atoms with van der Waals surface area (Å²) in [6.07, 6.45) is 59.2. The molecule has 346 valence electrons. The Kier molecular flexibility index (Phi) is 46.4. The molecule has 0 fully saturated rings. The summed E-state index contributed by atoms with van der Waals surface area (Å²) >= 11 is 0. The van der Waals surface area contributed by atoms with Gasteiger partial charge < -0.3 is 14.2 Å². The minimum atomic E-state index is -0.776. The molecule has 0 saturated heterocycles. The molecule has 0 rings (SSSR count). The molecule has 0 bridgehead atoms. The predicted octanol–water partition coefficient (Wildman–Crippen LogP) is 16.5. The molecule has 1 atom stereocenters. The number of rotatable bonds is 45. The van der Waals surface area contributed by atoms with Crippen molar-refractivity contribution < 1.29 is 28.6 Å². The van der Waals surface area contributed by atoms with E-state index in [0.717, 1.165) is 96.3 Å². The first-order valence-corrected chi connectivity index (χ1v) is 25.3. The van der Waals surface area contributed by atoms with E-state index in [2.05, 4.69) is 81.5 Å².